The lowest BCUT2D eigenvalue weighted by Crippen LogP contribution is -1.92. The molecule has 0 bridgehead atoms. The summed E-state index contributed by atoms with van der Waals surface area (Å²) in [6, 6.07) is 1.76. The lowest BCUT2D eigenvalue weighted by Gasteiger charge is -1.98. The van der Waals surface area contributed by atoms with Crippen molar-refractivity contribution in [2.45, 2.75) is 5.88 Å². The van der Waals surface area contributed by atoms with Crippen LogP contribution >= 0.6 is 11.6 Å². The number of hydrogen-bond donors (Lipinski definition) is 0. The molecule has 0 fully saturated rings. The minimum Gasteiger partial charge on any atom is -0.245 e. The Hall–Kier alpha value is -1.55. The molecular weight excluding hydrogens is 200 g/mol. The summed E-state index contributed by atoms with van der Waals surface area (Å²) < 4.78 is 0. The molecule has 0 amide bonds. The Balaban J connectivity index is 2.34. The average molecular weight is 207 g/mol. The van der Waals surface area contributed by atoms with Gasteiger partial charge < -0.3 is 0 Å². The van der Waals surface area contributed by atoms with Crippen LogP contribution in [0.3, 0.4) is 0 Å². The first-order valence-electron chi connectivity index (χ1n) is 4.03. The van der Waals surface area contributed by atoms with Gasteiger partial charge in [-0.2, -0.15) is 0 Å². The summed E-state index contributed by atoms with van der Waals surface area (Å²) in [5, 5.41) is 0. The van der Waals surface area contributed by atoms with Gasteiger partial charge >= 0.3 is 0 Å². The molecule has 4 nitrogen and oxygen atoms in total. The third kappa shape index (κ3) is 1.85. The van der Waals surface area contributed by atoms with Crippen molar-refractivity contribution < 1.29 is 0 Å². The van der Waals surface area contributed by atoms with E-state index in [-0.39, 0.29) is 0 Å². The first kappa shape index (κ1) is 9.02. The largest absolute Gasteiger partial charge is 0.245 e. The van der Waals surface area contributed by atoms with Gasteiger partial charge in [0.15, 0.2) is 5.82 Å². The normalized spacial score (nSPS) is 10.1. The lowest BCUT2D eigenvalue weighted by atomic mass is 10.3. The Kier molecular flexibility index (Phi) is 2.65. The second-order valence-electron chi connectivity index (χ2n) is 2.64. The monoisotopic (exact) mass is 206 g/mol. The maximum Gasteiger partial charge on any atom is 0.178 e. The highest BCUT2D eigenvalue weighted by Crippen LogP contribution is 2.09. The Morgan fingerprint density at radius 2 is 1.93 bits per heavy atom. The highest BCUT2D eigenvalue weighted by atomic mass is 35.5. The third-order valence-electron chi connectivity index (χ3n) is 1.67. The predicted molar refractivity (Wildman–Crippen MR) is 52.6 cm³/mol. The number of rotatable bonds is 2. The van der Waals surface area contributed by atoms with Crippen LogP contribution in [0.5, 0.6) is 0 Å². The van der Waals surface area contributed by atoms with Gasteiger partial charge in [0, 0.05) is 24.2 Å². The summed E-state index contributed by atoms with van der Waals surface area (Å²) in [5.41, 5.74) is 1.60. The molecule has 2 heterocycles. The Morgan fingerprint density at radius 3 is 2.50 bits per heavy atom. The van der Waals surface area contributed by atoms with Crippen LogP contribution in [0, 0.1) is 0 Å². The van der Waals surface area contributed by atoms with Crippen LogP contribution in [-0.2, 0) is 5.88 Å². The molecule has 0 aliphatic heterocycles. The molecule has 0 saturated carbocycles. The summed E-state index contributed by atoms with van der Waals surface area (Å²) in [6.07, 6.45) is 6.50. The SMILES string of the molecule is ClCc1cnc(-c2ccncn2)nc1. The van der Waals surface area contributed by atoms with Crippen molar-refractivity contribution in [3.63, 3.8) is 0 Å². The molecule has 2 aromatic rings. The molecule has 0 N–H and O–H groups in total. The minimum absolute atomic E-state index is 0.421. The highest BCUT2D eigenvalue weighted by molar-refractivity contribution is 6.17. The van der Waals surface area contributed by atoms with Crippen molar-refractivity contribution in [3.8, 4) is 11.5 Å². The standard InChI is InChI=1S/C9H7ClN4/c10-3-7-4-12-9(13-5-7)8-1-2-11-6-14-8/h1-2,4-6H,3H2. The number of halogens is 1. The van der Waals surface area contributed by atoms with Gasteiger partial charge in [-0.3, -0.25) is 0 Å². The van der Waals surface area contributed by atoms with Crippen LogP contribution in [0.15, 0.2) is 31.0 Å². The summed E-state index contributed by atoms with van der Waals surface area (Å²) in [4.78, 5) is 16.1. The zero-order valence-electron chi connectivity index (χ0n) is 7.26. The Bertz CT molecular complexity index is 401. The first-order valence-corrected chi connectivity index (χ1v) is 4.57. The number of alkyl halides is 1. The van der Waals surface area contributed by atoms with E-state index in [4.69, 9.17) is 11.6 Å². The van der Waals surface area contributed by atoms with Crippen LogP contribution in [0.25, 0.3) is 11.5 Å². The van der Waals surface area contributed by atoms with Gasteiger partial charge in [0.1, 0.15) is 12.0 Å². The molecule has 0 saturated heterocycles. The van der Waals surface area contributed by atoms with Gasteiger partial charge in [0.25, 0.3) is 0 Å². The molecular formula is C9H7ClN4. The van der Waals surface area contributed by atoms with Crippen molar-refractivity contribution in [2.75, 3.05) is 0 Å². The smallest absolute Gasteiger partial charge is 0.178 e. The predicted octanol–water partition coefficient (Wildman–Crippen LogP) is 1.67. The zero-order valence-corrected chi connectivity index (χ0v) is 8.02. The van der Waals surface area contributed by atoms with E-state index in [1.165, 1.54) is 6.33 Å². The average Bonchev–Trinajstić information content (AvgIpc) is 2.30. The zero-order chi connectivity index (χ0) is 9.80. The van der Waals surface area contributed by atoms with Gasteiger partial charge in [-0.1, -0.05) is 0 Å². The van der Waals surface area contributed by atoms with E-state index in [0.29, 0.717) is 17.4 Å². The van der Waals surface area contributed by atoms with Crippen LogP contribution in [0.4, 0.5) is 0 Å². The van der Waals surface area contributed by atoms with E-state index in [9.17, 15) is 0 Å². The van der Waals surface area contributed by atoms with Crippen molar-refractivity contribution >= 4 is 11.6 Å². The van der Waals surface area contributed by atoms with Crippen LogP contribution in [0.1, 0.15) is 5.56 Å². The molecule has 14 heavy (non-hydrogen) atoms. The fourth-order valence-electron chi connectivity index (χ4n) is 0.979. The summed E-state index contributed by atoms with van der Waals surface area (Å²) in [5.74, 6) is 1.01. The molecule has 2 aromatic heterocycles. The van der Waals surface area contributed by atoms with Crippen molar-refractivity contribution in [1.82, 2.24) is 19.9 Å². The second kappa shape index (κ2) is 4.11. The fourth-order valence-corrected chi connectivity index (χ4v) is 1.12. The van der Waals surface area contributed by atoms with E-state index in [1.807, 2.05) is 0 Å². The van der Waals surface area contributed by atoms with Crippen LogP contribution in [0.2, 0.25) is 0 Å². The van der Waals surface area contributed by atoms with E-state index < -0.39 is 0 Å². The number of aromatic nitrogens is 4. The van der Waals surface area contributed by atoms with E-state index in [0.717, 1.165) is 5.56 Å². The minimum atomic E-state index is 0.421. The molecule has 0 aliphatic rings. The molecule has 0 radical (unpaired) electrons. The van der Waals surface area contributed by atoms with Crippen LogP contribution in [-0.4, -0.2) is 19.9 Å². The third-order valence-corrected chi connectivity index (χ3v) is 1.98. The fraction of sp³-hybridized carbons (Fsp3) is 0.111. The molecule has 70 valence electrons. The van der Waals surface area contributed by atoms with E-state index >= 15 is 0 Å². The quantitative estimate of drug-likeness (QED) is 0.702. The number of nitrogens with zero attached hydrogens (tertiary/aromatic N) is 4. The van der Waals surface area contributed by atoms with Crippen molar-refractivity contribution in [2.24, 2.45) is 0 Å². The van der Waals surface area contributed by atoms with Crippen LogP contribution < -0.4 is 0 Å². The Morgan fingerprint density at radius 1 is 1.14 bits per heavy atom. The van der Waals surface area contributed by atoms with Gasteiger partial charge in [-0.25, -0.2) is 19.9 Å². The summed E-state index contributed by atoms with van der Waals surface area (Å²) in [7, 11) is 0. The summed E-state index contributed by atoms with van der Waals surface area (Å²) in [6.45, 7) is 0. The van der Waals surface area contributed by atoms with Gasteiger partial charge in [0.05, 0.1) is 5.88 Å². The highest BCUT2D eigenvalue weighted by Gasteiger charge is 2.00. The lowest BCUT2D eigenvalue weighted by molar-refractivity contribution is 1.08. The maximum absolute atomic E-state index is 5.62. The van der Waals surface area contributed by atoms with Crippen molar-refractivity contribution in [3.05, 3.63) is 36.5 Å². The van der Waals surface area contributed by atoms with Gasteiger partial charge in [-0.15, -0.1) is 11.6 Å². The molecule has 5 heteroatoms. The number of hydrogen-bond acceptors (Lipinski definition) is 4. The first-order chi connectivity index (χ1) is 6.90. The molecule has 0 unspecified atom stereocenters. The van der Waals surface area contributed by atoms with Gasteiger partial charge in [0.2, 0.25) is 0 Å². The molecule has 0 atom stereocenters. The maximum atomic E-state index is 5.62. The molecule has 2 rings (SSSR count). The van der Waals surface area contributed by atoms with E-state index in [2.05, 4.69) is 19.9 Å². The molecule has 0 aliphatic carbocycles. The Labute approximate surface area is 86.0 Å². The van der Waals surface area contributed by atoms with E-state index in [1.54, 1.807) is 24.7 Å². The summed E-state index contributed by atoms with van der Waals surface area (Å²) >= 11 is 5.62. The molecule has 0 spiro atoms. The molecule has 0 aromatic carbocycles. The van der Waals surface area contributed by atoms with Gasteiger partial charge in [-0.05, 0) is 6.07 Å². The van der Waals surface area contributed by atoms with Crippen molar-refractivity contribution in [1.29, 1.82) is 0 Å². The second-order valence-corrected chi connectivity index (χ2v) is 2.91. The topological polar surface area (TPSA) is 51.6 Å².